The lowest BCUT2D eigenvalue weighted by Gasteiger charge is -2.16. The molecule has 0 saturated carbocycles. The van der Waals surface area contributed by atoms with E-state index in [4.69, 9.17) is 0 Å². The van der Waals surface area contributed by atoms with Crippen molar-refractivity contribution in [2.24, 2.45) is 0 Å². The fraction of sp³-hybridized carbons (Fsp3) is 0.278. The van der Waals surface area contributed by atoms with Crippen molar-refractivity contribution in [1.29, 1.82) is 5.26 Å². The molecule has 0 N–H and O–H groups in total. The molecule has 2 aromatic rings. The van der Waals surface area contributed by atoms with Gasteiger partial charge in [-0.3, -0.25) is 0 Å². The van der Waals surface area contributed by atoms with Gasteiger partial charge >= 0.3 is 0 Å². The number of nitrogens with zero attached hydrogens (tertiary/aromatic N) is 2. The van der Waals surface area contributed by atoms with E-state index in [2.05, 4.69) is 54.3 Å². The van der Waals surface area contributed by atoms with Crippen molar-refractivity contribution >= 4 is 5.69 Å². The van der Waals surface area contributed by atoms with Crippen LogP contribution in [0, 0.1) is 18.3 Å². The summed E-state index contributed by atoms with van der Waals surface area (Å²) in [6.45, 7) is 2.07. The molecule has 0 heterocycles. The highest BCUT2D eigenvalue weighted by Gasteiger charge is 2.13. The van der Waals surface area contributed by atoms with Crippen LogP contribution in [0.2, 0.25) is 0 Å². The van der Waals surface area contributed by atoms with Gasteiger partial charge in [-0.25, -0.2) is 0 Å². The minimum atomic E-state index is -0.0892. The Hall–Kier alpha value is -2.27. The number of nitriles is 1. The standard InChI is InChI=1S/C18H20N2/c1-14-7-4-5-10-18(14)16(13-19)11-15-8-6-9-17(12-15)20(2)3/h4-10,12,16H,11H2,1-3H3. The maximum atomic E-state index is 9.48. The van der Waals surface area contributed by atoms with E-state index in [1.165, 1.54) is 16.8 Å². The summed E-state index contributed by atoms with van der Waals surface area (Å²) in [7, 11) is 4.06. The third kappa shape index (κ3) is 3.19. The molecule has 0 radical (unpaired) electrons. The quantitative estimate of drug-likeness (QED) is 0.837. The molecule has 102 valence electrons. The topological polar surface area (TPSA) is 27.0 Å². The SMILES string of the molecule is Cc1ccccc1C(C#N)Cc1cccc(N(C)C)c1. The van der Waals surface area contributed by atoms with Crippen LogP contribution in [-0.4, -0.2) is 14.1 Å². The summed E-state index contributed by atoms with van der Waals surface area (Å²) >= 11 is 0. The molecule has 0 bridgehead atoms. The van der Waals surface area contributed by atoms with Crippen molar-refractivity contribution in [2.75, 3.05) is 19.0 Å². The number of rotatable bonds is 4. The van der Waals surface area contributed by atoms with E-state index >= 15 is 0 Å². The second kappa shape index (κ2) is 6.25. The molecule has 2 heteroatoms. The van der Waals surface area contributed by atoms with Gasteiger partial charge in [0, 0.05) is 19.8 Å². The minimum absolute atomic E-state index is 0.0892. The van der Waals surface area contributed by atoms with Crippen molar-refractivity contribution < 1.29 is 0 Å². The molecule has 0 aliphatic rings. The number of benzene rings is 2. The number of hydrogen-bond donors (Lipinski definition) is 0. The monoisotopic (exact) mass is 264 g/mol. The van der Waals surface area contributed by atoms with Gasteiger partial charge in [-0.1, -0.05) is 36.4 Å². The van der Waals surface area contributed by atoms with E-state index in [9.17, 15) is 5.26 Å². The van der Waals surface area contributed by atoms with Gasteiger partial charge in [-0.05, 0) is 42.2 Å². The van der Waals surface area contributed by atoms with Gasteiger partial charge in [0.1, 0.15) is 0 Å². The molecule has 20 heavy (non-hydrogen) atoms. The number of hydrogen-bond acceptors (Lipinski definition) is 2. The fourth-order valence-corrected chi connectivity index (χ4v) is 2.40. The van der Waals surface area contributed by atoms with Gasteiger partial charge in [-0.15, -0.1) is 0 Å². The predicted octanol–water partition coefficient (Wildman–Crippen LogP) is 3.91. The zero-order chi connectivity index (χ0) is 14.5. The molecule has 2 rings (SSSR count). The van der Waals surface area contributed by atoms with Crippen LogP contribution < -0.4 is 4.90 Å². The Bertz CT molecular complexity index is 623. The maximum Gasteiger partial charge on any atom is 0.0755 e. The molecular weight excluding hydrogens is 244 g/mol. The van der Waals surface area contributed by atoms with Crippen LogP contribution in [0.15, 0.2) is 48.5 Å². The van der Waals surface area contributed by atoms with Crippen LogP contribution in [0.4, 0.5) is 5.69 Å². The third-order valence-electron chi connectivity index (χ3n) is 3.59. The van der Waals surface area contributed by atoms with Crippen molar-refractivity contribution in [2.45, 2.75) is 19.3 Å². The van der Waals surface area contributed by atoms with E-state index < -0.39 is 0 Å². The largest absolute Gasteiger partial charge is 0.378 e. The summed E-state index contributed by atoms with van der Waals surface area (Å²) in [6, 6.07) is 19.0. The highest BCUT2D eigenvalue weighted by molar-refractivity contribution is 5.48. The van der Waals surface area contributed by atoms with E-state index in [0.29, 0.717) is 0 Å². The zero-order valence-electron chi connectivity index (χ0n) is 12.3. The van der Waals surface area contributed by atoms with E-state index in [1.807, 2.05) is 26.2 Å². The van der Waals surface area contributed by atoms with Crippen LogP contribution in [0.1, 0.15) is 22.6 Å². The fourth-order valence-electron chi connectivity index (χ4n) is 2.40. The summed E-state index contributed by atoms with van der Waals surface area (Å²) in [4.78, 5) is 2.08. The maximum absolute atomic E-state index is 9.48. The van der Waals surface area contributed by atoms with E-state index in [0.717, 1.165) is 12.0 Å². The molecule has 0 aromatic heterocycles. The van der Waals surface area contributed by atoms with Crippen LogP contribution >= 0.6 is 0 Å². The summed E-state index contributed by atoms with van der Waals surface area (Å²) in [5.74, 6) is -0.0892. The summed E-state index contributed by atoms with van der Waals surface area (Å²) < 4.78 is 0. The van der Waals surface area contributed by atoms with Gasteiger partial charge < -0.3 is 4.90 Å². The van der Waals surface area contributed by atoms with Gasteiger partial charge in [0.15, 0.2) is 0 Å². The first-order valence-electron chi connectivity index (χ1n) is 6.83. The molecule has 0 amide bonds. The zero-order valence-corrected chi connectivity index (χ0v) is 12.3. The van der Waals surface area contributed by atoms with Crippen LogP contribution in [-0.2, 0) is 6.42 Å². The molecule has 0 fully saturated rings. The Kier molecular flexibility index (Phi) is 4.42. The Morgan fingerprint density at radius 2 is 1.85 bits per heavy atom. The van der Waals surface area contributed by atoms with Crippen molar-refractivity contribution in [3.05, 3.63) is 65.2 Å². The second-order valence-electron chi connectivity index (χ2n) is 5.31. The van der Waals surface area contributed by atoms with Gasteiger partial charge in [-0.2, -0.15) is 5.26 Å². The number of aryl methyl sites for hydroxylation is 1. The summed E-state index contributed by atoms with van der Waals surface area (Å²) in [5, 5.41) is 9.48. The Morgan fingerprint density at radius 1 is 1.10 bits per heavy atom. The van der Waals surface area contributed by atoms with E-state index in [-0.39, 0.29) is 5.92 Å². The molecule has 1 atom stereocenters. The lowest BCUT2D eigenvalue weighted by Crippen LogP contribution is -2.09. The van der Waals surface area contributed by atoms with Crippen LogP contribution in [0.25, 0.3) is 0 Å². The molecule has 2 aromatic carbocycles. The average molecular weight is 264 g/mol. The molecule has 0 aliphatic heterocycles. The van der Waals surface area contributed by atoms with Crippen molar-refractivity contribution in [3.8, 4) is 6.07 Å². The predicted molar refractivity (Wildman–Crippen MR) is 84.0 cm³/mol. The Labute approximate surface area is 121 Å². The van der Waals surface area contributed by atoms with E-state index in [1.54, 1.807) is 0 Å². The normalized spacial score (nSPS) is 11.7. The highest BCUT2D eigenvalue weighted by atomic mass is 15.1. The van der Waals surface area contributed by atoms with Crippen LogP contribution in [0.3, 0.4) is 0 Å². The third-order valence-corrected chi connectivity index (χ3v) is 3.59. The Morgan fingerprint density at radius 3 is 2.50 bits per heavy atom. The number of anilines is 1. The minimum Gasteiger partial charge on any atom is -0.378 e. The molecule has 2 nitrogen and oxygen atoms in total. The summed E-state index contributed by atoms with van der Waals surface area (Å²) in [5.41, 5.74) is 4.68. The molecule has 0 spiro atoms. The first kappa shape index (κ1) is 14.1. The first-order chi connectivity index (χ1) is 9.61. The second-order valence-corrected chi connectivity index (χ2v) is 5.31. The lowest BCUT2D eigenvalue weighted by molar-refractivity contribution is 0.840. The highest BCUT2D eigenvalue weighted by Crippen LogP contribution is 2.24. The van der Waals surface area contributed by atoms with Gasteiger partial charge in [0.2, 0.25) is 0 Å². The van der Waals surface area contributed by atoms with Crippen LogP contribution in [0.5, 0.6) is 0 Å². The molecule has 0 aliphatic carbocycles. The molecule has 1 unspecified atom stereocenters. The first-order valence-corrected chi connectivity index (χ1v) is 6.83. The smallest absolute Gasteiger partial charge is 0.0755 e. The van der Waals surface area contributed by atoms with Gasteiger partial charge in [0.05, 0.1) is 12.0 Å². The van der Waals surface area contributed by atoms with Crippen molar-refractivity contribution in [3.63, 3.8) is 0 Å². The molecule has 0 saturated heterocycles. The lowest BCUT2D eigenvalue weighted by atomic mass is 9.90. The molecular formula is C18H20N2. The average Bonchev–Trinajstić information content (AvgIpc) is 2.46. The van der Waals surface area contributed by atoms with Gasteiger partial charge in [0.25, 0.3) is 0 Å². The van der Waals surface area contributed by atoms with Crippen molar-refractivity contribution in [1.82, 2.24) is 0 Å². The summed E-state index contributed by atoms with van der Waals surface area (Å²) in [6.07, 6.45) is 0.753. The Balaban J connectivity index is 2.26.